The van der Waals surface area contributed by atoms with E-state index >= 15 is 0 Å². The van der Waals surface area contributed by atoms with E-state index in [4.69, 9.17) is 4.84 Å². The minimum absolute atomic E-state index is 0.104. The third-order valence-electron chi connectivity index (χ3n) is 6.41. The lowest BCUT2D eigenvalue weighted by Crippen LogP contribution is -2.47. The van der Waals surface area contributed by atoms with Gasteiger partial charge in [-0.25, -0.2) is 0 Å². The summed E-state index contributed by atoms with van der Waals surface area (Å²) in [7, 11) is 0. The van der Waals surface area contributed by atoms with Gasteiger partial charge in [-0.15, -0.1) is 0 Å². The zero-order valence-electron chi connectivity index (χ0n) is 17.2. The number of benzene rings is 3. The molecule has 2 aliphatic rings. The van der Waals surface area contributed by atoms with Gasteiger partial charge in [-0.3, -0.25) is 0 Å². The van der Waals surface area contributed by atoms with Crippen LogP contribution in [0.2, 0.25) is 0 Å². The summed E-state index contributed by atoms with van der Waals surface area (Å²) < 4.78 is 0. The maximum atomic E-state index is 6.22. The predicted octanol–water partition coefficient (Wildman–Crippen LogP) is 5.73. The molecule has 3 heteroatoms. The van der Waals surface area contributed by atoms with E-state index in [0.29, 0.717) is 0 Å². The van der Waals surface area contributed by atoms with Crippen molar-refractivity contribution in [1.82, 2.24) is 0 Å². The van der Waals surface area contributed by atoms with Gasteiger partial charge in [-0.2, -0.15) is 0 Å². The highest BCUT2D eigenvalue weighted by atomic mass is 16.7. The van der Waals surface area contributed by atoms with Gasteiger partial charge < -0.3 is 9.74 Å². The largest absolute Gasteiger partial charge is 0.369 e. The number of hydrogen-bond donors (Lipinski definition) is 0. The van der Waals surface area contributed by atoms with Crippen LogP contribution < -0.4 is 4.90 Å². The third-order valence-corrected chi connectivity index (χ3v) is 6.41. The summed E-state index contributed by atoms with van der Waals surface area (Å²) in [6.45, 7) is 7.47. The first-order valence-corrected chi connectivity index (χ1v) is 10.3. The molecule has 0 N–H and O–H groups in total. The molecule has 0 unspecified atom stereocenters. The zero-order chi connectivity index (χ0) is 20.0. The molecule has 146 valence electrons. The van der Waals surface area contributed by atoms with Crippen LogP contribution in [0.5, 0.6) is 0 Å². The molecule has 3 aromatic carbocycles. The lowest BCUT2D eigenvalue weighted by molar-refractivity contribution is -0.0000928. The van der Waals surface area contributed by atoms with Gasteiger partial charge in [0.1, 0.15) is 0 Å². The summed E-state index contributed by atoms with van der Waals surface area (Å²) in [6.07, 6.45) is 0.759. The number of para-hydroxylation sites is 1. The second-order valence-corrected chi connectivity index (χ2v) is 8.53. The predicted molar refractivity (Wildman–Crippen MR) is 118 cm³/mol. The fraction of sp³-hybridized carbons (Fsp3) is 0.269. The molecule has 0 saturated heterocycles. The lowest BCUT2D eigenvalue weighted by atomic mass is 9.77. The fourth-order valence-electron chi connectivity index (χ4n) is 4.77. The number of nitrogens with zero attached hydrogens (tertiary/aromatic N) is 2. The molecule has 0 bridgehead atoms. The first-order chi connectivity index (χ1) is 14.1. The number of hydrogen-bond acceptors (Lipinski definition) is 3. The van der Waals surface area contributed by atoms with E-state index in [1.165, 1.54) is 27.9 Å². The summed E-state index contributed by atoms with van der Waals surface area (Å²) in [5.74, 6) is 0. The second kappa shape index (κ2) is 6.77. The van der Waals surface area contributed by atoms with Crippen molar-refractivity contribution in [2.45, 2.75) is 45.4 Å². The fourth-order valence-corrected chi connectivity index (χ4v) is 4.77. The maximum absolute atomic E-state index is 6.22. The average molecular weight is 383 g/mol. The summed E-state index contributed by atoms with van der Waals surface area (Å²) in [5.41, 5.74) is 8.56. The Morgan fingerprint density at radius 2 is 1.76 bits per heavy atom. The van der Waals surface area contributed by atoms with Crippen LogP contribution in [0.1, 0.15) is 41.2 Å². The van der Waals surface area contributed by atoms with E-state index in [1.54, 1.807) is 0 Å². The van der Waals surface area contributed by atoms with Crippen molar-refractivity contribution in [2.24, 2.45) is 5.16 Å². The van der Waals surface area contributed by atoms with E-state index in [-0.39, 0.29) is 11.6 Å². The van der Waals surface area contributed by atoms with Gasteiger partial charge in [0.2, 0.25) is 6.23 Å². The van der Waals surface area contributed by atoms with Crippen LogP contribution in [0.4, 0.5) is 5.69 Å². The lowest BCUT2D eigenvalue weighted by Gasteiger charge is -2.38. The van der Waals surface area contributed by atoms with Crippen LogP contribution in [0.3, 0.4) is 0 Å². The minimum atomic E-state index is -0.138. The normalized spacial score (nSPS) is 22.5. The molecule has 0 amide bonds. The Kier molecular flexibility index (Phi) is 4.20. The van der Waals surface area contributed by atoms with E-state index in [0.717, 1.165) is 24.2 Å². The van der Waals surface area contributed by atoms with Crippen LogP contribution >= 0.6 is 0 Å². The Morgan fingerprint density at radius 3 is 2.59 bits per heavy atom. The van der Waals surface area contributed by atoms with Gasteiger partial charge >= 0.3 is 0 Å². The first kappa shape index (κ1) is 18.0. The Labute approximate surface area is 172 Å². The van der Waals surface area contributed by atoms with E-state index < -0.39 is 0 Å². The highest BCUT2D eigenvalue weighted by Gasteiger charge is 2.52. The third kappa shape index (κ3) is 2.93. The molecule has 5 rings (SSSR count). The molecule has 3 nitrogen and oxygen atoms in total. The molecule has 0 radical (unpaired) electrons. The van der Waals surface area contributed by atoms with Crippen molar-refractivity contribution in [1.29, 1.82) is 0 Å². The van der Waals surface area contributed by atoms with Crippen molar-refractivity contribution in [3.63, 3.8) is 0 Å². The van der Waals surface area contributed by atoms with Crippen molar-refractivity contribution >= 4 is 11.4 Å². The Bertz CT molecular complexity index is 1090. The molecule has 0 aromatic heterocycles. The smallest absolute Gasteiger partial charge is 0.210 e. The van der Waals surface area contributed by atoms with E-state index in [1.807, 2.05) is 6.07 Å². The number of fused-ring (bicyclic) bond motifs is 3. The number of rotatable bonds is 3. The first-order valence-electron chi connectivity index (χ1n) is 10.3. The average Bonchev–Trinajstić information content (AvgIpc) is 2.99. The second-order valence-electron chi connectivity index (χ2n) is 8.53. The molecular formula is C26H26N2O. The maximum Gasteiger partial charge on any atom is 0.210 e. The molecule has 2 heterocycles. The van der Waals surface area contributed by atoms with Crippen molar-refractivity contribution < 1.29 is 4.84 Å². The molecular weight excluding hydrogens is 356 g/mol. The molecule has 3 aromatic rings. The summed E-state index contributed by atoms with van der Waals surface area (Å²) in [6, 6.07) is 25.8. The zero-order valence-corrected chi connectivity index (χ0v) is 17.2. The van der Waals surface area contributed by atoms with Crippen LogP contribution in [-0.4, -0.2) is 11.9 Å². The van der Waals surface area contributed by atoms with Gasteiger partial charge in [0.15, 0.2) is 0 Å². The summed E-state index contributed by atoms with van der Waals surface area (Å²) in [5, 5.41) is 4.58. The topological polar surface area (TPSA) is 24.8 Å². The SMILES string of the molecule is Cc1ccc(C)c(CN2c3ccccc3[C@@]3(C)CC(c4ccccc4)=NO[C@@H]23)c1. The van der Waals surface area contributed by atoms with Gasteiger partial charge in [0.05, 0.1) is 11.1 Å². The number of oxime groups is 1. The van der Waals surface area contributed by atoms with Crippen LogP contribution in [0.25, 0.3) is 0 Å². The van der Waals surface area contributed by atoms with Gasteiger partial charge in [-0.05, 0) is 49.1 Å². The molecule has 2 atom stereocenters. The molecule has 0 fully saturated rings. The Morgan fingerprint density at radius 1 is 1.00 bits per heavy atom. The van der Waals surface area contributed by atoms with Gasteiger partial charge in [-0.1, -0.05) is 77.4 Å². The molecule has 0 saturated carbocycles. The number of anilines is 1. The minimum Gasteiger partial charge on any atom is -0.369 e. The summed E-state index contributed by atoms with van der Waals surface area (Å²) >= 11 is 0. The van der Waals surface area contributed by atoms with Crippen LogP contribution in [0.15, 0.2) is 78.0 Å². The van der Waals surface area contributed by atoms with E-state index in [9.17, 15) is 0 Å². The van der Waals surface area contributed by atoms with Crippen molar-refractivity contribution in [3.05, 3.63) is 101 Å². The molecule has 2 aliphatic heterocycles. The van der Waals surface area contributed by atoms with Crippen LogP contribution in [0, 0.1) is 13.8 Å². The summed E-state index contributed by atoms with van der Waals surface area (Å²) in [4.78, 5) is 8.61. The van der Waals surface area contributed by atoms with Crippen LogP contribution in [-0.2, 0) is 16.8 Å². The Hall–Kier alpha value is -3.07. The molecule has 0 spiro atoms. The van der Waals surface area contributed by atoms with E-state index in [2.05, 4.69) is 97.6 Å². The van der Waals surface area contributed by atoms with Crippen molar-refractivity contribution in [2.75, 3.05) is 4.90 Å². The highest BCUT2D eigenvalue weighted by Crippen LogP contribution is 2.50. The van der Waals surface area contributed by atoms with Gasteiger partial charge in [0.25, 0.3) is 0 Å². The number of aryl methyl sites for hydroxylation is 2. The Balaban J connectivity index is 1.56. The molecule has 29 heavy (non-hydrogen) atoms. The standard InChI is InChI=1S/C26H26N2O/c1-18-13-14-19(2)21(15-18)17-28-24-12-8-7-11-22(24)26(3)16-23(27-29-25(26)28)20-9-5-4-6-10-20/h4-15,25H,16-17H2,1-3H3/t25-,26-/m1/s1. The highest BCUT2D eigenvalue weighted by molar-refractivity contribution is 6.01. The van der Waals surface area contributed by atoms with Gasteiger partial charge in [0, 0.05) is 18.7 Å². The molecule has 0 aliphatic carbocycles. The quantitative estimate of drug-likeness (QED) is 0.578. The monoisotopic (exact) mass is 382 g/mol. The van der Waals surface area contributed by atoms with Crippen molar-refractivity contribution in [3.8, 4) is 0 Å².